The summed E-state index contributed by atoms with van der Waals surface area (Å²) in [6.07, 6.45) is 12.9. The van der Waals surface area contributed by atoms with E-state index in [-0.39, 0.29) is 12.2 Å². The fourth-order valence-corrected chi connectivity index (χ4v) is 3.76. The largest absolute Gasteiger partial charge is 0.737 e. The number of hydrogen-bond donors (Lipinski definition) is 0. The molecule has 4 rings (SSSR count). The average molecular weight is 390 g/mol. The summed E-state index contributed by atoms with van der Waals surface area (Å²) in [5.41, 5.74) is 2.92. The number of carbonyl (C=O) groups excluding carboxylic acids is 1. The maximum absolute atomic E-state index is 15.5. The fourth-order valence-electron chi connectivity index (χ4n) is 3.76. The molecule has 6 heteroatoms. The SMILES string of the molecule is CC(=O)CCC1=[N+]2C(=Cc3ccc(/C=C/C=C/c4ccccc4)n3[B-]2(F)F)C=C1. The number of nitrogens with zero attached hydrogens (tertiary/aromatic N) is 2. The van der Waals surface area contributed by atoms with Gasteiger partial charge in [-0.1, -0.05) is 48.6 Å². The number of halogens is 2. The van der Waals surface area contributed by atoms with Crippen LogP contribution in [-0.2, 0) is 4.79 Å². The Hall–Kier alpha value is -3.28. The molecule has 146 valence electrons. The molecule has 0 unspecified atom stereocenters. The van der Waals surface area contributed by atoms with Crippen LogP contribution in [0, 0.1) is 0 Å². The van der Waals surface area contributed by atoms with Gasteiger partial charge in [0.25, 0.3) is 0 Å². The van der Waals surface area contributed by atoms with Crippen LogP contribution in [-0.4, -0.2) is 27.4 Å². The first-order valence-corrected chi connectivity index (χ1v) is 9.65. The number of fused-ring (bicyclic) bond motifs is 2. The Balaban J connectivity index is 1.64. The van der Waals surface area contributed by atoms with Crippen molar-refractivity contribution in [1.29, 1.82) is 0 Å². The van der Waals surface area contributed by atoms with Gasteiger partial charge in [-0.25, -0.2) is 0 Å². The van der Waals surface area contributed by atoms with Crippen molar-refractivity contribution >= 4 is 36.7 Å². The maximum atomic E-state index is 15.5. The van der Waals surface area contributed by atoms with Gasteiger partial charge in [-0.15, -0.1) is 0 Å². The van der Waals surface area contributed by atoms with Crippen LogP contribution in [0.2, 0.25) is 0 Å². The monoisotopic (exact) mass is 390 g/mol. The van der Waals surface area contributed by atoms with E-state index in [9.17, 15) is 4.79 Å². The molecular formula is C23H21BF2N2O. The van der Waals surface area contributed by atoms with Crippen LogP contribution in [0.5, 0.6) is 0 Å². The van der Waals surface area contributed by atoms with Crippen molar-refractivity contribution in [1.82, 2.24) is 4.48 Å². The molecule has 1 aromatic heterocycles. The van der Waals surface area contributed by atoms with E-state index in [1.54, 1.807) is 42.5 Å². The van der Waals surface area contributed by atoms with Crippen LogP contribution in [0.3, 0.4) is 0 Å². The summed E-state index contributed by atoms with van der Waals surface area (Å²) in [4.78, 5) is 11.3. The Kier molecular flexibility index (Phi) is 5.01. The van der Waals surface area contributed by atoms with Gasteiger partial charge in [0.15, 0.2) is 5.70 Å². The molecule has 0 N–H and O–H groups in total. The summed E-state index contributed by atoms with van der Waals surface area (Å²) in [6.45, 7) is -2.56. The molecular weight excluding hydrogens is 369 g/mol. The average Bonchev–Trinajstić information content (AvgIpc) is 3.30. The number of benzene rings is 1. The number of carbonyl (C=O) groups is 1. The molecule has 0 spiro atoms. The summed E-state index contributed by atoms with van der Waals surface area (Å²) in [5, 5.41) is 0. The number of aromatic nitrogens is 1. The second-order valence-corrected chi connectivity index (χ2v) is 7.24. The Bertz CT molecular complexity index is 1110. The number of rotatable bonds is 6. The smallest absolute Gasteiger partial charge is 0.390 e. The molecule has 3 heterocycles. The lowest BCUT2D eigenvalue weighted by atomic mass is 9.90. The zero-order valence-electron chi connectivity index (χ0n) is 16.1. The zero-order chi connectivity index (χ0) is 20.4. The van der Waals surface area contributed by atoms with Crippen molar-refractivity contribution in [3.05, 3.63) is 89.4 Å². The Morgan fingerprint density at radius 3 is 2.59 bits per heavy atom. The molecule has 0 radical (unpaired) electrons. The van der Waals surface area contributed by atoms with Gasteiger partial charge in [-0.3, -0.25) is 0 Å². The van der Waals surface area contributed by atoms with E-state index in [1.165, 1.54) is 6.92 Å². The highest BCUT2D eigenvalue weighted by Gasteiger charge is 2.52. The Morgan fingerprint density at radius 2 is 1.83 bits per heavy atom. The molecule has 2 aromatic rings. The third-order valence-electron chi connectivity index (χ3n) is 5.13. The van der Waals surface area contributed by atoms with Crippen LogP contribution < -0.4 is 0 Å². The first kappa shape index (κ1) is 19.1. The summed E-state index contributed by atoms with van der Waals surface area (Å²) < 4.78 is 33.2. The van der Waals surface area contributed by atoms with Crippen molar-refractivity contribution in [2.24, 2.45) is 0 Å². The third kappa shape index (κ3) is 3.70. The van der Waals surface area contributed by atoms with Gasteiger partial charge in [0.05, 0.1) is 0 Å². The Labute approximate surface area is 168 Å². The number of Topliss-reactive ketones (excluding diaryl/α,β-unsaturated/α-hetero) is 1. The van der Waals surface area contributed by atoms with E-state index in [1.807, 2.05) is 42.5 Å². The van der Waals surface area contributed by atoms with Crippen LogP contribution in [0.25, 0.3) is 18.2 Å². The second-order valence-electron chi connectivity index (χ2n) is 7.24. The standard InChI is InChI=1S/C23H21BF2N2O/c1-18(29)11-12-21-14-16-23-17-22-15-13-20(27(22)24(25,26)28(21)23)10-6-5-9-19-7-3-2-4-8-19/h2-10,13-17H,11-12H2,1H3/b9-5+,10-6+. The molecule has 0 fully saturated rings. The highest BCUT2D eigenvalue weighted by atomic mass is 19.2. The first-order chi connectivity index (χ1) is 14.0. The van der Waals surface area contributed by atoms with Gasteiger partial charge < -0.3 is 22.4 Å². The highest BCUT2D eigenvalue weighted by Crippen LogP contribution is 2.33. The fraction of sp³-hybridized carbons (Fsp3) is 0.130. The summed E-state index contributed by atoms with van der Waals surface area (Å²) in [7, 11) is 0. The lowest BCUT2D eigenvalue weighted by Crippen LogP contribution is -2.50. The zero-order valence-corrected chi connectivity index (χ0v) is 16.1. The van der Waals surface area contributed by atoms with Crippen LogP contribution in [0.15, 0.2) is 72.5 Å². The summed E-state index contributed by atoms with van der Waals surface area (Å²) >= 11 is 0. The van der Waals surface area contributed by atoms with E-state index < -0.39 is 6.97 Å². The van der Waals surface area contributed by atoms with Crippen LogP contribution >= 0.6 is 0 Å². The van der Waals surface area contributed by atoms with Gasteiger partial charge in [-0.2, -0.15) is 0 Å². The number of allylic oxidation sites excluding steroid dienone is 4. The van der Waals surface area contributed by atoms with E-state index in [0.717, 1.165) is 14.5 Å². The van der Waals surface area contributed by atoms with Crippen molar-refractivity contribution < 1.29 is 17.9 Å². The molecule has 0 amide bonds. The molecule has 1 aromatic carbocycles. The van der Waals surface area contributed by atoms with E-state index in [2.05, 4.69) is 0 Å². The highest BCUT2D eigenvalue weighted by molar-refractivity contribution is 6.58. The van der Waals surface area contributed by atoms with Crippen molar-refractivity contribution in [2.75, 3.05) is 0 Å². The van der Waals surface area contributed by atoms with Crippen molar-refractivity contribution in [3.8, 4) is 0 Å². The number of ketones is 1. The first-order valence-electron chi connectivity index (χ1n) is 9.65. The molecule has 0 atom stereocenters. The molecule has 0 saturated heterocycles. The minimum atomic E-state index is -4.04. The molecule has 2 aliphatic rings. The van der Waals surface area contributed by atoms with E-state index in [0.29, 0.717) is 29.2 Å². The minimum absolute atomic E-state index is 0.00775. The van der Waals surface area contributed by atoms with Gasteiger partial charge in [0.2, 0.25) is 0 Å². The summed E-state index contributed by atoms with van der Waals surface area (Å²) in [6, 6.07) is 13.2. The lowest BCUT2D eigenvalue weighted by Gasteiger charge is -2.30. The molecule has 0 saturated carbocycles. The van der Waals surface area contributed by atoms with E-state index >= 15 is 8.63 Å². The lowest BCUT2D eigenvalue weighted by molar-refractivity contribution is -0.362. The summed E-state index contributed by atoms with van der Waals surface area (Å²) in [5.74, 6) is -0.00775. The molecule has 0 bridgehead atoms. The maximum Gasteiger partial charge on any atom is 0.737 e. The topological polar surface area (TPSA) is 25.0 Å². The second kappa shape index (κ2) is 7.62. The van der Waals surface area contributed by atoms with Crippen LogP contribution in [0.1, 0.15) is 36.7 Å². The van der Waals surface area contributed by atoms with E-state index in [4.69, 9.17) is 0 Å². The molecule has 2 aliphatic heterocycles. The van der Waals surface area contributed by atoms with Crippen molar-refractivity contribution in [3.63, 3.8) is 0 Å². The van der Waals surface area contributed by atoms with Gasteiger partial charge in [0.1, 0.15) is 11.5 Å². The molecule has 0 aliphatic carbocycles. The van der Waals surface area contributed by atoms with Gasteiger partial charge >= 0.3 is 6.97 Å². The minimum Gasteiger partial charge on any atom is -0.390 e. The number of hydrogen-bond acceptors (Lipinski definition) is 1. The van der Waals surface area contributed by atoms with Crippen molar-refractivity contribution in [2.45, 2.75) is 19.8 Å². The molecule has 3 nitrogen and oxygen atoms in total. The normalized spacial score (nSPS) is 17.1. The quantitative estimate of drug-likeness (QED) is 0.493. The molecule has 29 heavy (non-hydrogen) atoms. The predicted octanol–water partition coefficient (Wildman–Crippen LogP) is 5.18. The van der Waals surface area contributed by atoms with Gasteiger partial charge in [-0.05, 0) is 30.7 Å². The van der Waals surface area contributed by atoms with Crippen LogP contribution in [0.4, 0.5) is 8.63 Å². The Morgan fingerprint density at radius 1 is 1.07 bits per heavy atom. The third-order valence-corrected chi connectivity index (χ3v) is 5.13. The van der Waals surface area contributed by atoms with Gasteiger partial charge in [0, 0.05) is 42.5 Å². The predicted molar refractivity (Wildman–Crippen MR) is 115 cm³/mol.